The molecule has 0 fully saturated rings. The van der Waals surface area contributed by atoms with Crippen LogP contribution in [-0.4, -0.2) is 16.1 Å². The number of hydrogen-bond donors (Lipinski definition) is 2. The van der Waals surface area contributed by atoms with Crippen LogP contribution in [0.3, 0.4) is 0 Å². The van der Waals surface area contributed by atoms with Crippen LogP contribution in [0.25, 0.3) is 0 Å². The summed E-state index contributed by atoms with van der Waals surface area (Å²) in [6.45, 7) is 2.17. The third-order valence-electron chi connectivity index (χ3n) is 2.91. The van der Waals surface area contributed by atoms with E-state index in [2.05, 4.69) is 29.4 Å². The van der Waals surface area contributed by atoms with Crippen LogP contribution in [0.4, 0.5) is 11.7 Å². The van der Waals surface area contributed by atoms with E-state index in [0.717, 1.165) is 12.1 Å². The first kappa shape index (κ1) is 14.1. The van der Waals surface area contributed by atoms with Gasteiger partial charge in [0.15, 0.2) is 0 Å². The van der Waals surface area contributed by atoms with E-state index in [-0.39, 0.29) is 6.42 Å². The van der Waals surface area contributed by atoms with Gasteiger partial charge in [0, 0.05) is 5.69 Å². The lowest BCUT2D eigenvalue weighted by atomic mass is 10.1. The van der Waals surface area contributed by atoms with Crippen molar-refractivity contribution in [3.05, 3.63) is 41.8 Å². The molecule has 1 aromatic heterocycles. The van der Waals surface area contributed by atoms with Crippen LogP contribution in [0.5, 0.6) is 0 Å². The number of aryl methyl sites for hydroxylation is 1. The second-order valence-electron chi connectivity index (χ2n) is 4.64. The fraction of sp³-hybridized carbons (Fsp3) is 0.333. The number of carbonyl (C=O) groups is 1. The third kappa shape index (κ3) is 4.12. The van der Waals surface area contributed by atoms with Gasteiger partial charge in [0.05, 0.1) is 12.1 Å². The zero-order chi connectivity index (χ0) is 14.4. The lowest BCUT2D eigenvalue weighted by Gasteiger charge is -2.03. The van der Waals surface area contributed by atoms with Crippen LogP contribution >= 0.6 is 0 Å². The summed E-state index contributed by atoms with van der Waals surface area (Å²) in [6.07, 6.45) is 4.67. The molecule has 1 aromatic carbocycles. The van der Waals surface area contributed by atoms with Gasteiger partial charge >= 0.3 is 5.97 Å². The van der Waals surface area contributed by atoms with E-state index >= 15 is 0 Å². The normalized spacial score (nSPS) is 10.4. The standard InChI is InChI=1S/C15H18N2O3/c1-2-3-4-11-5-7-12(8-6-11)16-15-17-13(10-20-15)9-14(18)19/h5-8,10H,2-4,9H2,1H3,(H,16,17)(H,18,19). The third-order valence-corrected chi connectivity index (χ3v) is 2.91. The summed E-state index contributed by atoms with van der Waals surface area (Å²) in [5, 5.41) is 11.7. The highest BCUT2D eigenvalue weighted by molar-refractivity contribution is 5.69. The maximum atomic E-state index is 10.6. The van der Waals surface area contributed by atoms with Gasteiger partial charge < -0.3 is 14.8 Å². The average molecular weight is 274 g/mol. The van der Waals surface area contributed by atoms with Gasteiger partial charge in [-0.05, 0) is 30.5 Å². The molecule has 20 heavy (non-hydrogen) atoms. The first-order valence-electron chi connectivity index (χ1n) is 6.69. The van der Waals surface area contributed by atoms with E-state index in [9.17, 15) is 4.79 Å². The van der Waals surface area contributed by atoms with Gasteiger partial charge in [-0.15, -0.1) is 0 Å². The molecule has 0 saturated carbocycles. The molecule has 0 aliphatic rings. The van der Waals surface area contributed by atoms with Crippen molar-refractivity contribution in [2.75, 3.05) is 5.32 Å². The second kappa shape index (κ2) is 6.75. The largest absolute Gasteiger partial charge is 0.481 e. The molecule has 0 saturated heterocycles. The molecular weight excluding hydrogens is 256 g/mol. The van der Waals surface area contributed by atoms with Crippen molar-refractivity contribution in [1.29, 1.82) is 0 Å². The lowest BCUT2D eigenvalue weighted by molar-refractivity contribution is -0.136. The molecule has 0 amide bonds. The topological polar surface area (TPSA) is 75.4 Å². The molecule has 106 valence electrons. The number of anilines is 2. The van der Waals surface area contributed by atoms with Gasteiger partial charge in [-0.25, -0.2) is 0 Å². The average Bonchev–Trinajstić information content (AvgIpc) is 2.84. The quantitative estimate of drug-likeness (QED) is 0.809. The smallest absolute Gasteiger partial charge is 0.309 e. The summed E-state index contributed by atoms with van der Waals surface area (Å²) in [7, 11) is 0. The number of oxazole rings is 1. The number of benzene rings is 1. The van der Waals surface area contributed by atoms with Gasteiger partial charge in [-0.2, -0.15) is 4.98 Å². The van der Waals surface area contributed by atoms with Crippen molar-refractivity contribution in [3.8, 4) is 0 Å². The molecule has 2 rings (SSSR count). The van der Waals surface area contributed by atoms with Crippen molar-refractivity contribution < 1.29 is 14.3 Å². The maximum Gasteiger partial charge on any atom is 0.309 e. The summed E-state index contributed by atoms with van der Waals surface area (Å²) in [6, 6.07) is 8.37. The molecule has 0 aliphatic heterocycles. The highest BCUT2D eigenvalue weighted by Crippen LogP contribution is 2.17. The Morgan fingerprint density at radius 2 is 2.10 bits per heavy atom. The Morgan fingerprint density at radius 3 is 2.75 bits per heavy atom. The van der Waals surface area contributed by atoms with Crippen molar-refractivity contribution in [2.24, 2.45) is 0 Å². The van der Waals surface area contributed by atoms with Crippen LogP contribution < -0.4 is 5.32 Å². The molecule has 5 nitrogen and oxygen atoms in total. The molecule has 2 N–H and O–H groups in total. The number of aliphatic carboxylic acids is 1. The van der Waals surface area contributed by atoms with Gasteiger partial charge in [0.1, 0.15) is 6.26 Å². The van der Waals surface area contributed by atoms with Crippen LogP contribution in [0.15, 0.2) is 34.9 Å². The number of rotatable bonds is 7. The van der Waals surface area contributed by atoms with Gasteiger partial charge in [0.2, 0.25) is 0 Å². The Morgan fingerprint density at radius 1 is 1.35 bits per heavy atom. The Balaban J connectivity index is 1.95. The fourth-order valence-electron chi connectivity index (χ4n) is 1.86. The number of carboxylic acids is 1. The molecule has 0 bridgehead atoms. The molecule has 5 heteroatoms. The zero-order valence-corrected chi connectivity index (χ0v) is 11.4. The summed E-state index contributed by atoms with van der Waals surface area (Å²) in [5.41, 5.74) is 2.57. The van der Waals surface area contributed by atoms with E-state index in [0.29, 0.717) is 11.7 Å². The van der Waals surface area contributed by atoms with Gasteiger partial charge in [0.25, 0.3) is 6.01 Å². The van der Waals surface area contributed by atoms with Crippen molar-refractivity contribution in [3.63, 3.8) is 0 Å². The lowest BCUT2D eigenvalue weighted by Crippen LogP contribution is -2.00. The summed E-state index contributed by atoms with van der Waals surface area (Å²) >= 11 is 0. The van der Waals surface area contributed by atoms with Gasteiger partial charge in [-0.3, -0.25) is 4.79 Å². The number of unbranched alkanes of at least 4 members (excludes halogenated alkanes) is 1. The monoisotopic (exact) mass is 274 g/mol. The summed E-state index contributed by atoms with van der Waals surface area (Å²) in [4.78, 5) is 14.6. The Hall–Kier alpha value is -2.30. The first-order chi connectivity index (χ1) is 9.67. The predicted octanol–water partition coefficient (Wildman–Crippen LogP) is 3.39. The molecule has 0 spiro atoms. The minimum atomic E-state index is -0.926. The molecule has 2 aromatic rings. The molecular formula is C15H18N2O3. The minimum absolute atomic E-state index is 0.138. The summed E-state index contributed by atoms with van der Waals surface area (Å²) in [5.74, 6) is -0.926. The fourth-order valence-corrected chi connectivity index (χ4v) is 1.86. The maximum absolute atomic E-state index is 10.6. The van der Waals surface area contributed by atoms with E-state index in [4.69, 9.17) is 9.52 Å². The molecule has 1 heterocycles. The zero-order valence-electron chi connectivity index (χ0n) is 11.4. The van der Waals surface area contributed by atoms with E-state index in [1.807, 2.05) is 12.1 Å². The van der Waals surface area contributed by atoms with Gasteiger partial charge in [-0.1, -0.05) is 25.5 Å². The Kier molecular flexibility index (Phi) is 4.76. The number of nitrogens with one attached hydrogen (secondary N) is 1. The van der Waals surface area contributed by atoms with Crippen LogP contribution in [0.1, 0.15) is 31.0 Å². The predicted molar refractivity (Wildman–Crippen MR) is 76.2 cm³/mol. The van der Waals surface area contributed by atoms with Crippen molar-refractivity contribution >= 4 is 17.7 Å². The van der Waals surface area contributed by atoms with Crippen molar-refractivity contribution in [2.45, 2.75) is 32.6 Å². The molecule has 0 radical (unpaired) electrons. The van der Waals surface area contributed by atoms with Crippen LogP contribution in [-0.2, 0) is 17.6 Å². The van der Waals surface area contributed by atoms with Crippen LogP contribution in [0, 0.1) is 0 Å². The summed E-state index contributed by atoms with van der Waals surface area (Å²) < 4.78 is 5.18. The number of carboxylic acid groups (broad SMARTS) is 1. The molecule has 0 atom stereocenters. The van der Waals surface area contributed by atoms with E-state index in [1.54, 1.807) is 0 Å². The minimum Gasteiger partial charge on any atom is -0.481 e. The van der Waals surface area contributed by atoms with E-state index < -0.39 is 5.97 Å². The number of aromatic nitrogens is 1. The molecule has 0 aliphatic carbocycles. The van der Waals surface area contributed by atoms with Crippen LogP contribution in [0.2, 0.25) is 0 Å². The highest BCUT2D eigenvalue weighted by atomic mass is 16.4. The Bertz CT molecular complexity index is 561. The highest BCUT2D eigenvalue weighted by Gasteiger charge is 2.07. The number of nitrogens with zero attached hydrogens (tertiary/aromatic N) is 1. The first-order valence-corrected chi connectivity index (χ1v) is 6.69. The Labute approximate surface area is 117 Å². The SMILES string of the molecule is CCCCc1ccc(Nc2nc(CC(=O)O)co2)cc1. The second-order valence-corrected chi connectivity index (χ2v) is 4.64. The van der Waals surface area contributed by atoms with E-state index in [1.165, 1.54) is 24.7 Å². The number of hydrogen-bond acceptors (Lipinski definition) is 4. The molecule has 0 unspecified atom stereocenters. The van der Waals surface area contributed by atoms with Crippen molar-refractivity contribution in [1.82, 2.24) is 4.98 Å².